The molecule has 0 unspecified atom stereocenters. The van der Waals surface area contributed by atoms with Crippen LogP contribution in [0.3, 0.4) is 0 Å². The molecular weight excluding hydrogens is 372 g/mol. The summed E-state index contributed by atoms with van der Waals surface area (Å²) in [6.45, 7) is 0. The van der Waals surface area contributed by atoms with E-state index < -0.39 is 5.54 Å². The summed E-state index contributed by atoms with van der Waals surface area (Å²) in [4.78, 5) is 6.32. The van der Waals surface area contributed by atoms with Crippen molar-refractivity contribution < 1.29 is 0 Å². The minimum absolute atomic E-state index is 0.402. The van der Waals surface area contributed by atoms with Crippen LogP contribution in [0, 0.1) is 0 Å². The molecule has 0 amide bonds. The van der Waals surface area contributed by atoms with Gasteiger partial charge in [-0.1, -0.05) is 90.6 Å². The van der Waals surface area contributed by atoms with Crippen molar-refractivity contribution in [3.8, 4) is 11.1 Å². The van der Waals surface area contributed by atoms with E-state index in [0.29, 0.717) is 0 Å². The van der Waals surface area contributed by atoms with Crippen molar-refractivity contribution in [2.45, 2.75) is 15.6 Å². The van der Waals surface area contributed by atoms with E-state index in [1.165, 1.54) is 38.2 Å². The van der Waals surface area contributed by atoms with Crippen molar-refractivity contribution in [2.75, 3.05) is 0 Å². The number of nitrogens with zero attached hydrogens (tertiary/aromatic N) is 2. The Morgan fingerprint density at radius 3 is 1.97 bits per heavy atom. The highest BCUT2D eigenvalue weighted by atomic mass is 32.2. The molecule has 3 heteroatoms. The van der Waals surface area contributed by atoms with Crippen molar-refractivity contribution in [1.82, 2.24) is 9.55 Å². The van der Waals surface area contributed by atoms with Gasteiger partial charge >= 0.3 is 0 Å². The van der Waals surface area contributed by atoms with Crippen LogP contribution in [0.15, 0.2) is 107 Å². The zero-order valence-corrected chi connectivity index (χ0v) is 16.4. The first kappa shape index (κ1) is 15.6. The molecule has 7 rings (SSSR count). The molecule has 1 aromatic heterocycles. The summed E-state index contributed by atoms with van der Waals surface area (Å²) in [5.74, 6) is 0. The lowest BCUT2D eigenvalue weighted by Gasteiger charge is -2.40. The molecule has 0 N–H and O–H groups in total. The Bertz CT molecular complexity index is 1400. The summed E-state index contributed by atoms with van der Waals surface area (Å²) in [5.41, 5.74) is 8.44. The number of hydrogen-bond acceptors (Lipinski definition) is 2. The van der Waals surface area contributed by atoms with Gasteiger partial charge in [0.15, 0.2) is 5.16 Å². The summed E-state index contributed by atoms with van der Waals surface area (Å²) in [6, 6.07) is 35.0. The number of para-hydroxylation sites is 2. The van der Waals surface area contributed by atoms with Gasteiger partial charge in [-0.15, -0.1) is 0 Å². The van der Waals surface area contributed by atoms with Gasteiger partial charge in [-0.3, -0.25) is 4.57 Å². The number of imidazole rings is 1. The highest BCUT2D eigenvalue weighted by Gasteiger charge is 2.51. The van der Waals surface area contributed by atoms with E-state index in [4.69, 9.17) is 4.98 Å². The number of benzene rings is 4. The second-order valence-corrected chi connectivity index (χ2v) is 8.63. The van der Waals surface area contributed by atoms with Crippen molar-refractivity contribution in [3.05, 3.63) is 114 Å². The van der Waals surface area contributed by atoms with E-state index in [9.17, 15) is 0 Å². The predicted octanol–water partition coefficient (Wildman–Crippen LogP) is 6.32. The van der Waals surface area contributed by atoms with Crippen LogP contribution in [0.1, 0.15) is 16.7 Å². The van der Waals surface area contributed by atoms with E-state index in [1.54, 1.807) is 11.8 Å². The molecular formula is C26H16N2S. The number of hydrogen-bond donors (Lipinski definition) is 0. The Hall–Kier alpha value is -3.30. The van der Waals surface area contributed by atoms with Gasteiger partial charge in [0.2, 0.25) is 0 Å². The van der Waals surface area contributed by atoms with E-state index in [2.05, 4.69) is 102 Å². The second kappa shape index (κ2) is 5.40. The van der Waals surface area contributed by atoms with E-state index in [1.807, 2.05) is 0 Å². The van der Waals surface area contributed by atoms with Crippen LogP contribution < -0.4 is 0 Å². The van der Waals surface area contributed by atoms with Gasteiger partial charge in [-0.2, -0.15) is 0 Å². The maximum absolute atomic E-state index is 5.04. The van der Waals surface area contributed by atoms with E-state index in [0.717, 1.165) is 10.7 Å². The maximum Gasteiger partial charge on any atom is 0.175 e. The zero-order chi connectivity index (χ0) is 19.0. The van der Waals surface area contributed by atoms with Crippen LogP contribution in [0.4, 0.5) is 0 Å². The third-order valence-corrected chi connectivity index (χ3v) is 7.30. The molecule has 4 aromatic carbocycles. The summed E-state index contributed by atoms with van der Waals surface area (Å²) >= 11 is 1.77. The summed E-state index contributed by atoms with van der Waals surface area (Å²) in [6.07, 6.45) is 0. The normalized spacial score (nSPS) is 15.0. The summed E-state index contributed by atoms with van der Waals surface area (Å²) in [5, 5.41) is 1.05. The molecule has 0 bridgehead atoms. The minimum Gasteiger partial charge on any atom is -0.300 e. The molecule has 0 atom stereocenters. The lowest BCUT2D eigenvalue weighted by molar-refractivity contribution is 0.484. The Labute approximate surface area is 172 Å². The van der Waals surface area contributed by atoms with Crippen LogP contribution in [-0.4, -0.2) is 9.55 Å². The Morgan fingerprint density at radius 1 is 0.621 bits per heavy atom. The molecule has 136 valence electrons. The fourth-order valence-corrected chi connectivity index (χ4v) is 6.35. The molecule has 1 aliphatic heterocycles. The van der Waals surface area contributed by atoms with Crippen LogP contribution in [0.25, 0.3) is 22.2 Å². The second-order valence-electron chi connectivity index (χ2n) is 7.62. The fourth-order valence-electron chi connectivity index (χ4n) is 5.21. The largest absolute Gasteiger partial charge is 0.300 e. The SMILES string of the molecule is c1ccc2c(c1)Sc1nc3ccccc3n1C21c2ccccc2-c2ccccc21. The number of rotatable bonds is 0. The van der Waals surface area contributed by atoms with Crippen molar-refractivity contribution in [1.29, 1.82) is 0 Å². The van der Waals surface area contributed by atoms with Crippen molar-refractivity contribution in [3.63, 3.8) is 0 Å². The molecule has 2 heterocycles. The van der Waals surface area contributed by atoms with Gasteiger partial charge in [-0.05, 0) is 40.5 Å². The van der Waals surface area contributed by atoms with Gasteiger partial charge in [0, 0.05) is 10.5 Å². The van der Waals surface area contributed by atoms with Gasteiger partial charge in [0.1, 0.15) is 5.54 Å². The summed E-state index contributed by atoms with van der Waals surface area (Å²) < 4.78 is 2.47. The average molecular weight is 388 g/mol. The topological polar surface area (TPSA) is 17.8 Å². The van der Waals surface area contributed by atoms with E-state index in [-0.39, 0.29) is 0 Å². The molecule has 2 nitrogen and oxygen atoms in total. The zero-order valence-electron chi connectivity index (χ0n) is 15.5. The molecule has 1 spiro atoms. The number of aromatic nitrogens is 2. The average Bonchev–Trinajstić information content (AvgIpc) is 3.29. The first-order chi connectivity index (χ1) is 14.4. The van der Waals surface area contributed by atoms with Crippen LogP contribution in [0.2, 0.25) is 0 Å². The van der Waals surface area contributed by atoms with Gasteiger partial charge in [0.25, 0.3) is 0 Å². The predicted molar refractivity (Wildman–Crippen MR) is 117 cm³/mol. The van der Waals surface area contributed by atoms with Crippen LogP contribution >= 0.6 is 11.8 Å². The third-order valence-electron chi connectivity index (χ3n) is 6.27. The number of fused-ring (bicyclic) bond motifs is 11. The highest BCUT2D eigenvalue weighted by molar-refractivity contribution is 7.99. The monoisotopic (exact) mass is 388 g/mol. The quantitative estimate of drug-likeness (QED) is 0.302. The third kappa shape index (κ3) is 1.77. The van der Waals surface area contributed by atoms with Crippen LogP contribution in [-0.2, 0) is 5.54 Å². The van der Waals surface area contributed by atoms with E-state index >= 15 is 0 Å². The molecule has 0 saturated heterocycles. The molecule has 0 saturated carbocycles. The fraction of sp³-hybridized carbons (Fsp3) is 0.0385. The standard InChI is InChI=1S/C26H16N2S/c1-3-11-19-17(9-1)18-10-2-4-12-20(18)26(19)21-13-5-8-16-24(21)29-25-27-22-14-6-7-15-23(22)28(25)26/h1-16H. The minimum atomic E-state index is -0.402. The first-order valence-corrected chi connectivity index (χ1v) is 10.7. The molecule has 0 radical (unpaired) electrons. The Morgan fingerprint density at radius 2 is 1.21 bits per heavy atom. The molecule has 2 aliphatic rings. The smallest absolute Gasteiger partial charge is 0.175 e. The lowest BCUT2D eigenvalue weighted by atomic mass is 9.80. The summed E-state index contributed by atoms with van der Waals surface area (Å²) in [7, 11) is 0. The molecule has 0 fully saturated rings. The Balaban J connectivity index is 1.76. The van der Waals surface area contributed by atoms with Crippen molar-refractivity contribution >= 4 is 22.8 Å². The molecule has 1 aliphatic carbocycles. The Kier molecular flexibility index (Phi) is 2.90. The van der Waals surface area contributed by atoms with Gasteiger partial charge in [0.05, 0.1) is 11.0 Å². The maximum atomic E-state index is 5.04. The molecule has 5 aromatic rings. The van der Waals surface area contributed by atoms with Gasteiger partial charge in [-0.25, -0.2) is 4.98 Å². The van der Waals surface area contributed by atoms with Crippen molar-refractivity contribution in [2.24, 2.45) is 0 Å². The highest BCUT2D eigenvalue weighted by Crippen LogP contribution is 2.59. The van der Waals surface area contributed by atoms with Crippen LogP contribution in [0.5, 0.6) is 0 Å². The first-order valence-electron chi connectivity index (χ1n) is 9.84. The lowest BCUT2D eigenvalue weighted by Crippen LogP contribution is -2.38. The molecule has 29 heavy (non-hydrogen) atoms. The van der Waals surface area contributed by atoms with Gasteiger partial charge < -0.3 is 0 Å².